The molecule has 128 valence electrons. The summed E-state index contributed by atoms with van der Waals surface area (Å²) in [5, 5.41) is 5.33. The maximum absolute atomic E-state index is 12.4. The van der Waals surface area contributed by atoms with Crippen molar-refractivity contribution in [2.75, 3.05) is 5.32 Å². The number of nitrogens with one attached hydrogen (secondary N) is 2. The Labute approximate surface area is 145 Å². The zero-order valence-electron chi connectivity index (χ0n) is 14.1. The highest BCUT2D eigenvalue weighted by Gasteiger charge is 2.26. The molecule has 0 radical (unpaired) electrons. The van der Waals surface area contributed by atoms with Crippen molar-refractivity contribution in [1.29, 1.82) is 0 Å². The normalized spacial score (nSPS) is 16.2. The Morgan fingerprint density at radius 2 is 1.92 bits per heavy atom. The molecule has 2 amide bonds. The van der Waals surface area contributed by atoms with Gasteiger partial charge in [-0.25, -0.2) is 4.79 Å². The predicted molar refractivity (Wildman–Crippen MR) is 95.6 cm³/mol. The number of ether oxygens (including phenoxy) is 1. The first-order valence-electron chi connectivity index (χ1n) is 7.97. The maximum atomic E-state index is 12.4. The molecule has 0 saturated heterocycles. The second-order valence-electron chi connectivity index (χ2n) is 5.81. The number of fused-ring (bicyclic) bond motifs is 1. The summed E-state index contributed by atoms with van der Waals surface area (Å²) < 4.78 is 5.16. The first-order valence-corrected chi connectivity index (χ1v) is 7.97. The number of para-hydroxylation sites is 1. The molecule has 0 aromatic heterocycles. The van der Waals surface area contributed by atoms with Crippen molar-refractivity contribution in [3.8, 4) is 0 Å². The van der Waals surface area contributed by atoms with Gasteiger partial charge in [0, 0.05) is 11.3 Å². The van der Waals surface area contributed by atoms with E-state index in [1.807, 2.05) is 62.4 Å². The lowest BCUT2D eigenvalue weighted by molar-refractivity contribution is -0.117. The van der Waals surface area contributed by atoms with Crippen LogP contribution in [0.1, 0.15) is 23.6 Å². The highest BCUT2D eigenvalue weighted by atomic mass is 16.5. The van der Waals surface area contributed by atoms with E-state index in [1.54, 1.807) is 0 Å². The van der Waals surface area contributed by atoms with Crippen molar-refractivity contribution in [3.63, 3.8) is 0 Å². The molecule has 6 nitrogen and oxygen atoms in total. The first-order chi connectivity index (χ1) is 12.0. The van der Waals surface area contributed by atoms with E-state index < -0.39 is 18.2 Å². The van der Waals surface area contributed by atoms with E-state index in [2.05, 4.69) is 15.6 Å². The number of benzene rings is 2. The highest BCUT2D eigenvalue weighted by molar-refractivity contribution is 6.11. The number of rotatable bonds is 3. The Morgan fingerprint density at radius 1 is 1.16 bits per heavy atom. The molecule has 0 fully saturated rings. The van der Waals surface area contributed by atoms with E-state index >= 15 is 0 Å². The number of anilines is 1. The molecule has 2 aromatic rings. The smallest absolute Gasteiger partial charge is 0.409 e. The Balaban J connectivity index is 1.69. The average molecular weight is 337 g/mol. The van der Waals surface area contributed by atoms with Crippen LogP contribution >= 0.6 is 0 Å². The topological polar surface area (TPSA) is 79.8 Å². The average Bonchev–Trinajstić information content (AvgIpc) is 2.72. The fourth-order valence-corrected chi connectivity index (χ4v) is 2.62. The molecule has 1 heterocycles. The van der Waals surface area contributed by atoms with Crippen LogP contribution in [0.15, 0.2) is 53.5 Å². The minimum atomic E-state index is -1.03. The summed E-state index contributed by atoms with van der Waals surface area (Å²) in [4.78, 5) is 28.7. The third-order valence-corrected chi connectivity index (χ3v) is 3.95. The number of carbonyl (C=O) groups is 2. The highest BCUT2D eigenvalue weighted by Crippen LogP contribution is 2.24. The number of amides is 2. The predicted octanol–water partition coefficient (Wildman–Crippen LogP) is 3.01. The molecule has 1 aliphatic heterocycles. The molecule has 0 aliphatic carbocycles. The van der Waals surface area contributed by atoms with Crippen LogP contribution in [0.4, 0.5) is 10.5 Å². The fraction of sp³-hybridized carbons (Fsp3) is 0.211. The maximum Gasteiger partial charge on any atom is 0.409 e. The fourth-order valence-electron chi connectivity index (χ4n) is 2.62. The molecule has 2 N–H and O–H groups in total. The SMILES string of the molecule is CC1=N[C@H](NC(=O)OCc2ccccc2)C(=O)Nc2c(C)cccc21. The van der Waals surface area contributed by atoms with Gasteiger partial charge in [-0.05, 0) is 25.0 Å². The van der Waals surface area contributed by atoms with Gasteiger partial charge < -0.3 is 10.1 Å². The van der Waals surface area contributed by atoms with Crippen molar-refractivity contribution in [1.82, 2.24) is 5.32 Å². The van der Waals surface area contributed by atoms with Gasteiger partial charge in [0.1, 0.15) is 6.61 Å². The van der Waals surface area contributed by atoms with Crippen molar-refractivity contribution >= 4 is 23.4 Å². The van der Waals surface area contributed by atoms with Crippen LogP contribution in [0.3, 0.4) is 0 Å². The Kier molecular flexibility index (Phi) is 4.79. The molecule has 0 saturated carbocycles. The van der Waals surface area contributed by atoms with E-state index in [0.717, 1.165) is 22.4 Å². The summed E-state index contributed by atoms with van der Waals surface area (Å²) in [6.07, 6.45) is -1.72. The first kappa shape index (κ1) is 16.7. The van der Waals surface area contributed by atoms with Crippen LogP contribution in [0.25, 0.3) is 0 Å². The third-order valence-electron chi connectivity index (χ3n) is 3.95. The van der Waals surface area contributed by atoms with Gasteiger partial charge in [0.05, 0.1) is 5.69 Å². The quantitative estimate of drug-likeness (QED) is 0.903. The largest absolute Gasteiger partial charge is 0.445 e. The standard InChI is InChI=1S/C19H19N3O3/c1-12-7-6-10-15-13(2)20-17(18(23)21-16(12)15)22-19(24)25-11-14-8-4-3-5-9-14/h3-10,17H,11H2,1-2H3,(H,21,23)(H,22,24)/t17-/m1/s1. The van der Waals surface area contributed by atoms with E-state index in [0.29, 0.717) is 5.71 Å². The summed E-state index contributed by atoms with van der Waals surface area (Å²) in [6, 6.07) is 15.0. The molecule has 0 spiro atoms. The lowest BCUT2D eigenvalue weighted by Gasteiger charge is -2.14. The van der Waals surface area contributed by atoms with Gasteiger partial charge >= 0.3 is 6.09 Å². The van der Waals surface area contributed by atoms with E-state index in [-0.39, 0.29) is 6.61 Å². The molecular weight excluding hydrogens is 318 g/mol. The lowest BCUT2D eigenvalue weighted by atomic mass is 10.0. The number of aryl methyl sites for hydroxylation is 1. The number of carbonyl (C=O) groups excluding carboxylic acids is 2. The minimum absolute atomic E-state index is 0.128. The van der Waals surface area contributed by atoms with E-state index in [1.165, 1.54) is 0 Å². The van der Waals surface area contributed by atoms with Gasteiger partial charge in [-0.15, -0.1) is 0 Å². The molecule has 1 atom stereocenters. The zero-order valence-corrected chi connectivity index (χ0v) is 14.1. The van der Waals surface area contributed by atoms with Crippen molar-refractivity contribution < 1.29 is 14.3 Å². The van der Waals surface area contributed by atoms with E-state index in [4.69, 9.17) is 4.74 Å². The van der Waals surface area contributed by atoms with Crippen molar-refractivity contribution in [2.45, 2.75) is 26.6 Å². The molecule has 2 aromatic carbocycles. The van der Waals surface area contributed by atoms with Crippen molar-refractivity contribution in [3.05, 3.63) is 65.2 Å². The molecule has 0 unspecified atom stereocenters. The molecule has 25 heavy (non-hydrogen) atoms. The lowest BCUT2D eigenvalue weighted by Crippen LogP contribution is -2.42. The minimum Gasteiger partial charge on any atom is -0.445 e. The molecule has 0 bridgehead atoms. The summed E-state index contributed by atoms with van der Waals surface area (Å²) in [5.74, 6) is -0.399. The van der Waals surface area contributed by atoms with Crippen LogP contribution in [-0.4, -0.2) is 23.9 Å². The number of nitrogens with zero attached hydrogens (tertiary/aromatic N) is 1. The van der Waals surface area contributed by atoms with Crippen LogP contribution in [-0.2, 0) is 16.1 Å². The van der Waals surface area contributed by atoms with Crippen LogP contribution in [0, 0.1) is 6.92 Å². The summed E-state index contributed by atoms with van der Waals surface area (Å²) in [6.45, 7) is 3.85. The van der Waals surface area contributed by atoms with Crippen LogP contribution in [0.2, 0.25) is 0 Å². The van der Waals surface area contributed by atoms with Gasteiger partial charge in [0.15, 0.2) is 0 Å². The number of alkyl carbamates (subject to hydrolysis) is 1. The Morgan fingerprint density at radius 3 is 2.68 bits per heavy atom. The monoisotopic (exact) mass is 337 g/mol. The van der Waals surface area contributed by atoms with Crippen molar-refractivity contribution in [2.24, 2.45) is 4.99 Å². The number of hydrogen-bond acceptors (Lipinski definition) is 4. The Bertz CT molecular complexity index is 831. The summed E-state index contributed by atoms with van der Waals surface area (Å²) in [5.41, 5.74) is 4.04. The summed E-state index contributed by atoms with van der Waals surface area (Å²) >= 11 is 0. The Hall–Kier alpha value is -3.15. The number of benzodiazepines with no additional fused rings is 1. The second-order valence-corrected chi connectivity index (χ2v) is 5.81. The van der Waals surface area contributed by atoms with Crippen LogP contribution < -0.4 is 10.6 Å². The van der Waals surface area contributed by atoms with Gasteiger partial charge in [-0.2, -0.15) is 0 Å². The third kappa shape index (κ3) is 3.85. The van der Waals surface area contributed by atoms with E-state index in [9.17, 15) is 9.59 Å². The second kappa shape index (κ2) is 7.17. The van der Waals surface area contributed by atoms with Gasteiger partial charge in [-0.1, -0.05) is 48.5 Å². The molecule has 6 heteroatoms. The van der Waals surface area contributed by atoms with Crippen LogP contribution in [0.5, 0.6) is 0 Å². The molecule has 3 rings (SSSR count). The molecular formula is C19H19N3O3. The molecule has 1 aliphatic rings. The van der Waals surface area contributed by atoms with Gasteiger partial charge in [0.2, 0.25) is 6.17 Å². The number of aliphatic imine (C=N–C) groups is 1. The van der Waals surface area contributed by atoms with Gasteiger partial charge in [0.25, 0.3) is 5.91 Å². The summed E-state index contributed by atoms with van der Waals surface area (Å²) in [7, 11) is 0. The zero-order chi connectivity index (χ0) is 17.8. The number of hydrogen-bond donors (Lipinski definition) is 2. The van der Waals surface area contributed by atoms with Gasteiger partial charge in [-0.3, -0.25) is 15.1 Å².